The van der Waals surface area contributed by atoms with E-state index in [1.807, 2.05) is 54.6 Å². The number of esters is 1. The number of aliphatic hydroxyl groups excluding tert-OH is 1. The number of hydrogen-bond acceptors (Lipinski definition) is 10. The Labute approximate surface area is 272 Å². The summed E-state index contributed by atoms with van der Waals surface area (Å²) in [5, 5.41) is 13.6. The van der Waals surface area contributed by atoms with Crippen molar-refractivity contribution in [3.63, 3.8) is 0 Å². The maximum Gasteiger partial charge on any atom is 0.327 e. The molecule has 1 aliphatic carbocycles. The second-order valence-corrected chi connectivity index (χ2v) is 12.5. The van der Waals surface area contributed by atoms with Gasteiger partial charge in [0.1, 0.15) is 42.7 Å². The Balaban J connectivity index is 1.37. The average molecular weight is 649 g/mol. The van der Waals surface area contributed by atoms with Gasteiger partial charge >= 0.3 is 5.97 Å². The van der Waals surface area contributed by atoms with Gasteiger partial charge in [-0.25, -0.2) is 0 Å². The molecule has 3 saturated heterocycles. The fraction of sp³-hybridized carbons (Fsp3) is 0.471. The lowest BCUT2D eigenvalue weighted by Gasteiger charge is -2.50. The molecule has 3 aliphatic heterocycles. The summed E-state index contributed by atoms with van der Waals surface area (Å²) in [5.41, 5.74) is 0.874. The summed E-state index contributed by atoms with van der Waals surface area (Å²) < 4.78 is 17.7. The number of likely N-dealkylation sites (N-methyl/N-ethyl adjacent to an activating group) is 2. The van der Waals surface area contributed by atoms with Gasteiger partial charge in [-0.3, -0.25) is 24.0 Å². The summed E-state index contributed by atoms with van der Waals surface area (Å²) in [4.78, 5) is 64.1. The normalized spacial score (nSPS) is 28.4. The van der Waals surface area contributed by atoms with Crippen LogP contribution in [-0.4, -0.2) is 121 Å². The molecule has 6 rings (SSSR count). The van der Waals surface area contributed by atoms with E-state index in [1.54, 1.807) is 27.2 Å². The van der Waals surface area contributed by atoms with Gasteiger partial charge in [0.15, 0.2) is 6.04 Å². The van der Waals surface area contributed by atoms with E-state index in [0.717, 1.165) is 16.7 Å². The number of aliphatic hydroxyl groups is 1. The fourth-order valence-electron chi connectivity index (χ4n) is 7.14. The average Bonchev–Trinajstić information content (AvgIpc) is 3.70. The number of hydroxylamine groups is 2. The van der Waals surface area contributed by atoms with Gasteiger partial charge in [0.2, 0.25) is 17.7 Å². The highest BCUT2D eigenvalue weighted by atomic mass is 16.8. The van der Waals surface area contributed by atoms with E-state index in [0.29, 0.717) is 0 Å². The highest BCUT2D eigenvalue weighted by Crippen LogP contribution is 2.56. The van der Waals surface area contributed by atoms with E-state index >= 15 is 0 Å². The van der Waals surface area contributed by atoms with E-state index in [2.05, 4.69) is 5.32 Å². The van der Waals surface area contributed by atoms with Crippen LogP contribution in [0.15, 0.2) is 60.7 Å². The summed E-state index contributed by atoms with van der Waals surface area (Å²) in [6.45, 7) is -0.177. The number of rotatable bonds is 11. The van der Waals surface area contributed by atoms with Gasteiger partial charge in [0.05, 0.1) is 13.2 Å². The Morgan fingerprint density at radius 1 is 1.06 bits per heavy atom. The van der Waals surface area contributed by atoms with Crippen molar-refractivity contribution in [2.45, 2.75) is 55.9 Å². The number of nitrogens with zero attached hydrogens (tertiary/aromatic N) is 3. The Morgan fingerprint density at radius 3 is 2.53 bits per heavy atom. The maximum atomic E-state index is 15.0. The lowest BCUT2D eigenvalue weighted by atomic mass is 9.62. The number of amides is 3. The molecule has 7 atom stereocenters. The molecule has 3 heterocycles. The van der Waals surface area contributed by atoms with Crippen LogP contribution >= 0.6 is 0 Å². The molecule has 13 nitrogen and oxygen atoms in total. The smallest absolute Gasteiger partial charge is 0.327 e. The van der Waals surface area contributed by atoms with Gasteiger partial charge < -0.3 is 34.4 Å². The molecule has 4 aliphatic rings. The second-order valence-electron chi connectivity index (χ2n) is 12.5. The van der Waals surface area contributed by atoms with Crippen molar-refractivity contribution in [1.29, 1.82) is 0 Å². The van der Waals surface area contributed by atoms with Crippen LogP contribution in [-0.2, 0) is 51.2 Å². The molecule has 47 heavy (non-hydrogen) atoms. The lowest BCUT2D eigenvalue weighted by Crippen LogP contribution is -2.70. The second kappa shape index (κ2) is 13.5. The van der Waals surface area contributed by atoms with Crippen LogP contribution in [0.4, 0.5) is 0 Å². The lowest BCUT2D eigenvalue weighted by molar-refractivity contribution is -0.204. The molecular formula is C34H40N4O9. The molecule has 0 unspecified atom stereocenters. The standard InChI is InChI=1S/C34H40N4O9/c1-36(2)26(40)14-13-22-11-7-8-12-23(22)19-38-29-32(42)46-25-18-34(29,30(47-38)28-27(25)44-20-45-28)33(43)37(3)24(31(41)35-15-16-39)17-21-9-5-4-6-10-21/h4-14,24-25,27-30,39H,15-20H2,1-3H3,(H,35,41)/t24-,25+,27+,28+,29+,30-,34+/m1/s1. The van der Waals surface area contributed by atoms with Crippen LogP contribution in [0, 0.1) is 5.41 Å². The molecule has 2 aromatic carbocycles. The minimum Gasteiger partial charge on any atom is -0.458 e. The van der Waals surface area contributed by atoms with Gasteiger partial charge in [-0.15, -0.1) is 0 Å². The van der Waals surface area contributed by atoms with Crippen molar-refractivity contribution in [2.75, 3.05) is 41.1 Å². The molecule has 1 saturated carbocycles. The molecule has 0 radical (unpaired) electrons. The van der Waals surface area contributed by atoms with Crippen molar-refractivity contribution in [3.8, 4) is 0 Å². The Kier molecular flexibility index (Phi) is 9.44. The van der Waals surface area contributed by atoms with Gasteiger partial charge in [-0.05, 0) is 22.8 Å². The first-order chi connectivity index (χ1) is 22.6. The summed E-state index contributed by atoms with van der Waals surface area (Å²) in [7, 11) is 4.88. The molecule has 250 valence electrons. The number of hydrogen-bond donors (Lipinski definition) is 2. The topological polar surface area (TPSA) is 147 Å². The quantitative estimate of drug-likeness (QED) is 0.261. The zero-order valence-corrected chi connectivity index (χ0v) is 26.6. The largest absolute Gasteiger partial charge is 0.458 e. The fourth-order valence-corrected chi connectivity index (χ4v) is 7.14. The van der Waals surface area contributed by atoms with Crippen molar-refractivity contribution < 1.29 is 43.3 Å². The first-order valence-corrected chi connectivity index (χ1v) is 15.7. The van der Waals surface area contributed by atoms with Crippen LogP contribution in [0.25, 0.3) is 6.08 Å². The number of nitrogens with one attached hydrogen (secondary N) is 1. The van der Waals surface area contributed by atoms with Crippen molar-refractivity contribution in [1.82, 2.24) is 20.2 Å². The van der Waals surface area contributed by atoms with Crippen LogP contribution in [0.2, 0.25) is 0 Å². The summed E-state index contributed by atoms with van der Waals surface area (Å²) in [6, 6.07) is 14.6. The van der Waals surface area contributed by atoms with E-state index in [1.165, 1.54) is 20.9 Å². The van der Waals surface area contributed by atoms with Gasteiger partial charge in [-0.1, -0.05) is 54.6 Å². The van der Waals surface area contributed by atoms with Crippen LogP contribution < -0.4 is 5.32 Å². The first-order valence-electron chi connectivity index (χ1n) is 15.7. The van der Waals surface area contributed by atoms with Crippen molar-refractivity contribution in [3.05, 3.63) is 77.4 Å². The molecule has 3 amide bonds. The number of fused-ring (bicyclic) bond motifs is 4. The molecule has 2 N–H and O–H groups in total. The monoisotopic (exact) mass is 648 g/mol. The van der Waals surface area contributed by atoms with Gasteiger partial charge in [0, 0.05) is 46.6 Å². The SMILES string of the molecule is CN(C)C(=O)C=Cc1ccccc1CN1O[C@@H]2[C@H]3OCO[C@H]3[C@@H]3C[C@]2(C(=O)N(C)[C@H](Cc2ccccc2)C(=O)NCCO)[C@@H]1C(=O)O3. The summed E-state index contributed by atoms with van der Waals surface area (Å²) in [5.74, 6) is -1.69. The predicted octanol–water partition coefficient (Wildman–Crippen LogP) is 0.508. The van der Waals surface area contributed by atoms with Crippen LogP contribution in [0.1, 0.15) is 23.1 Å². The Bertz CT molecular complexity index is 1530. The molecule has 0 aromatic heterocycles. The molecule has 2 aromatic rings. The predicted molar refractivity (Wildman–Crippen MR) is 167 cm³/mol. The summed E-state index contributed by atoms with van der Waals surface area (Å²) in [6.07, 6.45) is 0.530. The third-order valence-electron chi connectivity index (χ3n) is 9.47. The van der Waals surface area contributed by atoms with Crippen molar-refractivity contribution >= 4 is 29.8 Å². The van der Waals surface area contributed by atoms with E-state index in [9.17, 15) is 24.3 Å². The highest BCUT2D eigenvalue weighted by molar-refractivity contribution is 5.96. The van der Waals surface area contributed by atoms with Crippen LogP contribution in [0.5, 0.6) is 0 Å². The number of carbonyl (C=O) groups excluding carboxylic acids is 4. The maximum absolute atomic E-state index is 15.0. The number of carbonyl (C=O) groups is 4. The zero-order valence-electron chi connectivity index (χ0n) is 26.6. The molecule has 2 bridgehead atoms. The van der Waals surface area contributed by atoms with E-state index in [4.69, 9.17) is 19.0 Å². The third-order valence-corrected chi connectivity index (χ3v) is 9.47. The molecular weight excluding hydrogens is 608 g/mol. The summed E-state index contributed by atoms with van der Waals surface area (Å²) >= 11 is 0. The molecule has 4 fully saturated rings. The number of ether oxygens (including phenoxy) is 3. The minimum atomic E-state index is -1.46. The van der Waals surface area contributed by atoms with Gasteiger partial charge in [-0.2, -0.15) is 5.06 Å². The number of benzene rings is 2. The molecule has 0 spiro atoms. The first kappa shape index (κ1) is 32.8. The zero-order chi connectivity index (χ0) is 33.3. The van der Waals surface area contributed by atoms with Crippen LogP contribution in [0.3, 0.4) is 0 Å². The van der Waals surface area contributed by atoms with E-state index in [-0.39, 0.29) is 45.2 Å². The van der Waals surface area contributed by atoms with E-state index < -0.39 is 59.7 Å². The Hall–Kier alpha value is -4.14. The minimum absolute atomic E-state index is 0.0246. The Morgan fingerprint density at radius 2 is 1.79 bits per heavy atom. The van der Waals surface area contributed by atoms with Crippen molar-refractivity contribution in [2.24, 2.45) is 5.41 Å². The third kappa shape index (κ3) is 6.05. The highest BCUT2D eigenvalue weighted by Gasteiger charge is 2.75. The van der Waals surface area contributed by atoms with Gasteiger partial charge in [0.25, 0.3) is 0 Å². The molecule has 13 heteroatoms.